The molecule has 0 aromatic carbocycles. The van der Waals surface area contributed by atoms with Gasteiger partial charge in [-0.1, -0.05) is 6.07 Å². The van der Waals surface area contributed by atoms with Gasteiger partial charge in [0, 0.05) is 28.6 Å². The van der Waals surface area contributed by atoms with Gasteiger partial charge in [-0.2, -0.15) is 0 Å². The normalized spacial score (nSPS) is 10.5. The monoisotopic (exact) mass is 389 g/mol. The van der Waals surface area contributed by atoms with Crippen LogP contribution in [0.2, 0.25) is 0 Å². The molecule has 0 radical (unpaired) electrons. The molecule has 0 aliphatic heterocycles. The first-order chi connectivity index (χ1) is 9.77. The van der Waals surface area contributed by atoms with Gasteiger partial charge in [0.05, 0.1) is 21.6 Å². The summed E-state index contributed by atoms with van der Waals surface area (Å²) in [6.45, 7) is 0. The summed E-state index contributed by atoms with van der Waals surface area (Å²) in [6.07, 6.45) is 5.29. The highest BCUT2D eigenvalue weighted by atomic mass is 79.9. The summed E-state index contributed by atoms with van der Waals surface area (Å²) < 4.78 is 1.86. The zero-order valence-corrected chi connectivity index (χ0v) is 13.5. The third-order valence-electron chi connectivity index (χ3n) is 2.81. The number of hydrogen-bond acceptors (Lipinski definition) is 3. The summed E-state index contributed by atoms with van der Waals surface area (Å²) in [6, 6.07) is 11.6. The molecule has 3 aromatic heterocycles. The van der Waals surface area contributed by atoms with Crippen LogP contribution >= 0.6 is 31.9 Å². The summed E-state index contributed by atoms with van der Waals surface area (Å²) in [5.74, 6) is 0. The molecule has 20 heavy (non-hydrogen) atoms. The van der Waals surface area contributed by atoms with Crippen LogP contribution in [0.3, 0.4) is 0 Å². The Kier molecular flexibility index (Phi) is 3.89. The van der Waals surface area contributed by atoms with Crippen molar-refractivity contribution in [3.8, 4) is 22.6 Å². The predicted molar refractivity (Wildman–Crippen MR) is 86.1 cm³/mol. The van der Waals surface area contributed by atoms with Gasteiger partial charge < -0.3 is 0 Å². The molecule has 0 saturated carbocycles. The molecule has 0 spiro atoms. The molecule has 3 heterocycles. The third-order valence-corrected chi connectivity index (χ3v) is 4.81. The van der Waals surface area contributed by atoms with Crippen molar-refractivity contribution < 1.29 is 0 Å². The standard InChI is InChI=1S/C15H9Br2N3/c16-11-6-9-20-15(13(11)17)10-4-3-8-19-14(10)12-5-1-2-7-18-12/h1-9H. The first kappa shape index (κ1) is 13.4. The Morgan fingerprint density at radius 3 is 2.30 bits per heavy atom. The van der Waals surface area contributed by atoms with Gasteiger partial charge in [0.25, 0.3) is 0 Å². The van der Waals surface area contributed by atoms with Crippen LogP contribution in [-0.4, -0.2) is 15.0 Å². The molecule has 0 bridgehead atoms. The van der Waals surface area contributed by atoms with Crippen LogP contribution in [0.4, 0.5) is 0 Å². The van der Waals surface area contributed by atoms with Gasteiger partial charge in [0.15, 0.2) is 0 Å². The molecule has 98 valence electrons. The lowest BCUT2D eigenvalue weighted by molar-refractivity contribution is 1.22. The lowest BCUT2D eigenvalue weighted by atomic mass is 10.1. The molecule has 0 atom stereocenters. The first-order valence-corrected chi connectivity index (χ1v) is 7.53. The summed E-state index contributed by atoms with van der Waals surface area (Å²) in [4.78, 5) is 13.3. The molecule has 0 amide bonds. The second-order valence-electron chi connectivity index (χ2n) is 4.07. The second-order valence-corrected chi connectivity index (χ2v) is 5.72. The lowest BCUT2D eigenvalue weighted by Gasteiger charge is -2.09. The van der Waals surface area contributed by atoms with Crippen LogP contribution in [0.15, 0.2) is 63.9 Å². The number of rotatable bonds is 2. The van der Waals surface area contributed by atoms with E-state index in [0.717, 1.165) is 31.6 Å². The average molecular weight is 391 g/mol. The zero-order chi connectivity index (χ0) is 13.9. The number of halogens is 2. The van der Waals surface area contributed by atoms with E-state index in [1.165, 1.54) is 0 Å². The van der Waals surface area contributed by atoms with E-state index in [-0.39, 0.29) is 0 Å². The Morgan fingerprint density at radius 2 is 1.50 bits per heavy atom. The molecule has 0 saturated heterocycles. The van der Waals surface area contributed by atoms with Gasteiger partial charge >= 0.3 is 0 Å². The van der Waals surface area contributed by atoms with Crippen molar-refractivity contribution in [3.05, 3.63) is 63.9 Å². The highest BCUT2D eigenvalue weighted by molar-refractivity contribution is 9.13. The van der Waals surface area contributed by atoms with E-state index in [4.69, 9.17) is 0 Å². The fraction of sp³-hybridized carbons (Fsp3) is 0. The minimum atomic E-state index is 0.819. The number of hydrogen-bond donors (Lipinski definition) is 0. The molecular formula is C15H9Br2N3. The summed E-state index contributed by atoms with van der Waals surface area (Å²) >= 11 is 7.07. The van der Waals surface area contributed by atoms with Gasteiger partial charge in [0.1, 0.15) is 0 Å². The molecular weight excluding hydrogens is 382 g/mol. The Bertz CT molecular complexity index is 745. The molecule has 3 nitrogen and oxygen atoms in total. The maximum Gasteiger partial charge on any atom is 0.0980 e. The number of aromatic nitrogens is 3. The second kappa shape index (κ2) is 5.81. The van der Waals surface area contributed by atoms with Gasteiger partial charge in [-0.15, -0.1) is 0 Å². The maximum absolute atomic E-state index is 4.46. The third kappa shape index (κ3) is 2.51. The Balaban J connectivity index is 2.23. The average Bonchev–Trinajstić information content (AvgIpc) is 2.51. The molecule has 3 rings (SSSR count). The van der Waals surface area contributed by atoms with Crippen LogP contribution in [0.25, 0.3) is 22.6 Å². The predicted octanol–water partition coefficient (Wildman–Crippen LogP) is 4.73. The highest BCUT2D eigenvalue weighted by Crippen LogP contribution is 2.35. The van der Waals surface area contributed by atoms with Gasteiger partial charge in [-0.05, 0) is 62.2 Å². The van der Waals surface area contributed by atoms with E-state index >= 15 is 0 Å². The van der Waals surface area contributed by atoms with Crippen LogP contribution in [0, 0.1) is 0 Å². The molecule has 3 aromatic rings. The van der Waals surface area contributed by atoms with Crippen molar-refractivity contribution in [3.63, 3.8) is 0 Å². The van der Waals surface area contributed by atoms with Crippen molar-refractivity contribution >= 4 is 31.9 Å². The summed E-state index contributed by atoms with van der Waals surface area (Å²) in [5, 5.41) is 0. The molecule has 0 N–H and O–H groups in total. The highest BCUT2D eigenvalue weighted by Gasteiger charge is 2.14. The summed E-state index contributed by atoms with van der Waals surface area (Å²) in [5.41, 5.74) is 3.43. The van der Waals surface area contributed by atoms with Crippen molar-refractivity contribution in [2.75, 3.05) is 0 Å². The first-order valence-electron chi connectivity index (χ1n) is 5.94. The van der Waals surface area contributed by atoms with Crippen LogP contribution in [0.1, 0.15) is 0 Å². The van der Waals surface area contributed by atoms with Crippen molar-refractivity contribution in [1.82, 2.24) is 15.0 Å². The quantitative estimate of drug-likeness (QED) is 0.634. The molecule has 0 aliphatic rings. The SMILES string of the molecule is Brc1ccnc(-c2cccnc2-c2ccccn2)c1Br. The smallest absolute Gasteiger partial charge is 0.0980 e. The Labute approximate surface area is 133 Å². The van der Waals surface area contributed by atoms with Gasteiger partial charge in [-0.3, -0.25) is 15.0 Å². The van der Waals surface area contributed by atoms with Gasteiger partial charge in [0.2, 0.25) is 0 Å². The minimum absolute atomic E-state index is 0.819. The fourth-order valence-corrected chi connectivity index (χ4v) is 2.67. The van der Waals surface area contributed by atoms with E-state index in [1.54, 1.807) is 18.6 Å². The van der Waals surface area contributed by atoms with Gasteiger partial charge in [-0.25, -0.2) is 0 Å². The van der Waals surface area contributed by atoms with Crippen molar-refractivity contribution in [2.45, 2.75) is 0 Å². The van der Waals surface area contributed by atoms with Crippen LogP contribution in [-0.2, 0) is 0 Å². The maximum atomic E-state index is 4.46. The van der Waals surface area contributed by atoms with E-state index in [0.29, 0.717) is 0 Å². The van der Waals surface area contributed by atoms with E-state index < -0.39 is 0 Å². The largest absolute Gasteiger partial charge is 0.255 e. The molecule has 0 aliphatic carbocycles. The van der Waals surface area contributed by atoms with E-state index in [1.807, 2.05) is 36.4 Å². The topological polar surface area (TPSA) is 38.7 Å². The summed E-state index contributed by atoms with van der Waals surface area (Å²) in [7, 11) is 0. The fourth-order valence-electron chi connectivity index (χ4n) is 1.91. The zero-order valence-electron chi connectivity index (χ0n) is 10.3. The molecule has 0 unspecified atom stereocenters. The van der Waals surface area contributed by atoms with Crippen LogP contribution < -0.4 is 0 Å². The van der Waals surface area contributed by atoms with E-state index in [9.17, 15) is 0 Å². The van der Waals surface area contributed by atoms with Crippen LogP contribution in [0.5, 0.6) is 0 Å². The molecule has 5 heteroatoms. The number of pyridine rings is 3. The minimum Gasteiger partial charge on any atom is -0.255 e. The Morgan fingerprint density at radius 1 is 0.700 bits per heavy atom. The van der Waals surface area contributed by atoms with Crippen molar-refractivity contribution in [1.29, 1.82) is 0 Å². The van der Waals surface area contributed by atoms with E-state index in [2.05, 4.69) is 46.8 Å². The Hall–Kier alpha value is -1.59. The molecule has 0 fully saturated rings. The lowest BCUT2D eigenvalue weighted by Crippen LogP contribution is -1.93. The number of nitrogens with zero attached hydrogens (tertiary/aromatic N) is 3. The van der Waals surface area contributed by atoms with Crippen molar-refractivity contribution in [2.24, 2.45) is 0 Å².